The van der Waals surface area contributed by atoms with Crippen LogP contribution in [-0.2, 0) is 0 Å². The lowest BCUT2D eigenvalue weighted by molar-refractivity contribution is 0.102. The van der Waals surface area contributed by atoms with Crippen molar-refractivity contribution in [3.8, 4) is 0 Å². The molecular weight excluding hydrogens is 368 g/mol. The Morgan fingerprint density at radius 1 is 1.17 bits per heavy atom. The van der Waals surface area contributed by atoms with E-state index in [1.807, 2.05) is 0 Å². The van der Waals surface area contributed by atoms with E-state index in [4.69, 9.17) is 11.6 Å². The molecule has 0 atom stereocenters. The Morgan fingerprint density at radius 3 is 2.44 bits per heavy atom. The molecular formula is C13H8ClFINO. The van der Waals surface area contributed by atoms with Crippen LogP contribution in [0.1, 0.15) is 10.4 Å². The van der Waals surface area contributed by atoms with Gasteiger partial charge in [-0.2, -0.15) is 0 Å². The Labute approximate surface area is 122 Å². The van der Waals surface area contributed by atoms with E-state index >= 15 is 0 Å². The molecule has 0 bridgehead atoms. The maximum atomic E-state index is 12.7. The predicted molar refractivity (Wildman–Crippen MR) is 78.5 cm³/mol. The second kappa shape index (κ2) is 5.67. The molecule has 0 heterocycles. The lowest BCUT2D eigenvalue weighted by Crippen LogP contribution is -2.12. The molecule has 1 N–H and O–H groups in total. The Bertz CT molecular complexity index is 586. The van der Waals surface area contributed by atoms with Crippen molar-refractivity contribution in [3.63, 3.8) is 0 Å². The molecule has 2 rings (SSSR count). The Kier molecular flexibility index (Phi) is 4.19. The number of amides is 1. The SMILES string of the molecule is O=C(Nc1ccc(Cl)cc1I)c1ccc(F)cc1. The summed E-state index contributed by atoms with van der Waals surface area (Å²) in [7, 11) is 0. The zero-order chi connectivity index (χ0) is 13.1. The van der Waals surface area contributed by atoms with Crippen LogP contribution in [0.5, 0.6) is 0 Å². The van der Waals surface area contributed by atoms with Gasteiger partial charge in [-0.05, 0) is 65.1 Å². The van der Waals surface area contributed by atoms with Crippen LogP contribution < -0.4 is 5.32 Å². The molecule has 0 unspecified atom stereocenters. The number of hydrogen-bond acceptors (Lipinski definition) is 1. The third kappa shape index (κ3) is 3.20. The van der Waals surface area contributed by atoms with Crippen LogP contribution in [0.25, 0.3) is 0 Å². The minimum atomic E-state index is -0.368. The zero-order valence-electron chi connectivity index (χ0n) is 9.08. The number of carbonyl (C=O) groups excluding carboxylic acids is 1. The molecule has 2 aromatic carbocycles. The van der Waals surface area contributed by atoms with Crippen molar-refractivity contribution in [1.82, 2.24) is 0 Å². The average molecular weight is 376 g/mol. The summed E-state index contributed by atoms with van der Waals surface area (Å²) in [5, 5.41) is 3.36. The van der Waals surface area contributed by atoms with Gasteiger partial charge in [0.2, 0.25) is 0 Å². The van der Waals surface area contributed by atoms with Crippen molar-refractivity contribution in [2.45, 2.75) is 0 Å². The molecule has 0 aromatic heterocycles. The number of benzene rings is 2. The highest BCUT2D eigenvalue weighted by molar-refractivity contribution is 14.1. The molecule has 0 spiro atoms. The van der Waals surface area contributed by atoms with Crippen molar-refractivity contribution in [3.05, 3.63) is 62.4 Å². The normalized spacial score (nSPS) is 10.2. The van der Waals surface area contributed by atoms with Crippen LogP contribution in [0.3, 0.4) is 0 Å². The minimum Gasteiger partial charge on any atom is -0.321 e. The summed E-state index contributed by atoms with van der Waals surface area (Å²) in [6, 6.07) is 10.6. The van der Waals surface area contributed by atoms with Gasteiger partial charge >= 0.3 is 0 Å². The molecule has 92 valence electrons. The van der Waals surface area contributed by atoms with Crippen LogP contribution in [-0.4, -0.2) is 5.91 Å². The molecule has 2 nitrogen and oxygen atoms in total. The maximum absolute atomic E-state index is 12.7. The summed E-state index contributed by atoms with van der Waals surface area (Å²) in [5.74, 6) is -0.650. The summed E-state index contributed by atoms with van der Waals surface area (Å²) in [6.07, 6.45) is 0. The van der Waals surface area contributed by atoms with E-state index in [0.29, 0.717) is 16.3 Å². The van der Waals surface area contributed by atoms with Crippen LogP contribution >= 0.6 is 34.2 Å². The lowest BCUT2D eigenvalue weighted by Gasteiger charge is -2.07. The van der Waals surface area contributed by atoms with E-state index in [9.17, 15) is 9.18 Å². The van der Waals surface area contributed by atoms with E-state index in [1.165, 1.54) is 24.3 Å². The third-order valence-corrected chi connectivity index (χ3v) is 3.41. The topological polar surface area (TPSA) is 29.1 Å². The molecule has 5 heteroatoms. The zero-order valence-corrected chi connectivity index (χ0v) is 12.0. The highest BCUT2D eigenvalue weighted by atomic mass is 127. The lowest BCUT2D eigenvalue weighted by atomic mass is 10.2. The Hall–Kier alpha value is -1.14. The fourth-order valence-corrected chi connectivity index (χ4v) is 2.39. The Morgan fingerprint density at radius 2 is 1.83 bits per heavy atom. The van der Waals surface area contributed by atoms with Crippen molar-refractivity contribution < 1.29 is 9.18 Å². The monoisotopic (exact) mass is 375 g/mol. The van der Waals surface area contributed by atoms with Gasteiger partial charge in [-0.3, -0.25) is 4.79 Å². The quantitative estimate of drug-likeness (QED) is 0.778. The van der Waals surface area contributed by atoms with Crippen LogP contribution in [0.15, 0.2) is 42.5 Å². The third-order valence-electron chi connectivity index (χ3n) is 2.29. The molecule has 0 aliphatic rings. The summed E-state index contributed by atoms with van der Waals surface area (Å²) >= 11 is 7.91. The number of hydrogen-bond donors (Lipinski definition) is 1. The van der Waals surface area contributed by atoms with Gasteiger partial charge in [-0.1, -0.05) is 11.6 Å². The van der Waals surface area contributed by atoms with Gasteiger partial charge in [-0.15, -0.1) is 0 Å². The van der Waals surface area contributed by atoms with Gasteiger partial charge in [0.1, 0.15) is 5.82 Å². The molecule has 0 fully saturated rings. The number of carbonyl (C=O) groups is 1. The minimum absolute atomic E-state index is 0.282. The van der Waals surface area contributed by atoms with Crippen LogP contribution in [0.2, 0.25) is 5.02 Å². The molecule has 0 radical (unpaired) electrons. The first-order chi connectivity index (χ1) is 8.56. The fourth-order valence-electron chi connectivity index (χ4n) is 1.39. The number of anilines is 1. The summed E-state index contributed by atoms with van der Waals surface area (Å²) in [5.41, 5.74) is 1.08. The highest BCUT2D eigenvalue weighted by Crippen LogP contribution is 2.22. The molecule has 2 aromatic rings. The molecule has 1 amide bonds. The van der Waals surface area contributed by atoms with E-state index < -0.39 is 0 Å². The van der Waals surface area contributed by atoms with E-state index in [0.717, 1.165) is 3.57 Å². The molecule has 0 aliphatic carbocycles. The van der Waals surface area contributed by atoms with Gasteiger partial charge in [0.05, 0.1) is 5.69 Å². The first kappa shape index (κ1) is 13.3. The van der Waals surface area contributed by atoms with Gasteiger partial charge < -0.3 is 5.32 Å². The van der Waals surface area contributed by atoms with Gasteiger partial charge in [0.25, 0.3) is 5.91 Å². The summed E-state index contributed by atoms with van der Waals surface area (Å²) in [6.45, 7) is 0. The average Bonchev–Trinajstić information content (AvgIpc) is 2.33. The number of halogens is 3. The standard InChI is InChI=1S/C13H8ClFINO/c14-9-3-6-12(11(16)7-9)17-13(18)8-1-4-10(15)5-2-8/h1-7H,(H,17,18). The number of rotatable bonds is 2. The highest BCUT2D eigenvalue weighted by Gasteiger charge is 2.08. The smallest absolute Gasteiger partial charge is 0.255 e. The van der Waals surface area contributed by atoms with E-state index in [2.05, 4.69) is 27.9 Å². The molecule has 18 heavy (non-hydrogen) atoms. The second-order valence-electron chi connectivity index (χ2n) is 3.59. The van der Waals surface area contributed by atoms with E-state index in [1.54, 1.807) is 18.2 Å². The van der Waals surface area contributed by atoms with Gasteiger partial charge in [0, 0.05) is 14.2 Å². The fraction of sp³-hybridized carbons (Fsp3) is 0. The summed E-state index contributed by atoms with van der Waals surface area (Å²) < 4.78 is 13.6. The van der Waals surface area contributed by atoms with E-state index in [-0.39, 0.29) is 11.7 Å². The van der Waals surface area contributed by atoms with Crippen molar-refractivity contribution in [2.75, 3.05) is 5.32 Å². The largest absolute Gasteiger partial charge is 0.321 e. The van der Waals surface area contributed by atoms with Crippen molar-refractivity contribution in [2.24, 2.45) is 0 Å². The first-order valence-electron chi connectivity index (χ1n) is 5.08. The molecule has 0 aliphatic heterocycles. The molecule has 0 saturated carbocycles. The van der Waals surface area contributed by atoms with Gasteiger partial charge in [0.15, 0.2) is 0 Å². The van der Waals surface area contributed by atoms with Crippen LogP contribution in [0, 0.1) is 9.39 Å². The molecule has 0 saturated heterocycles. The second-order valence-corrected chi connectivity index (χ2v) is 5.18. The van der Waals surface area contributed by atoms with Crippen LogP contribution in [0.4, 0.5) is 10.1 Å². The predicted octanol–water partition coefficient (Wildman–Crippen LogP) is 4.34. The number of nitrogens with one attached hydrogen (secondary N) is 1. The first-order valence-corrected chi connectivity index (χ1v) is 6.54. The Balaban J connectivity index is 2.18. The van der Waals surface area contributed by atoms with Gasteiger partial charge in [-0.25, -0.2) is 4.39 Å². The van der Waals surface area contributed by atoms with Crippen molar-refractivity contribution >= 4 is 45.8 Å². The maximum Gasteiger partial charge on any atom is 0.255 e. The van der Waals surface area contributed by atoms with Crippen molar-refractivity contribution in [1.29, 1.82) is 0 Å². The summed E-state index contributed by atoms with van der Waals surface area (Å²) in [4.78, 5) is 11.9.